The molecule has 6 nitrogen and oxygen atoms in total. The van der Waals surface area contributed by atoms with Gasteiger partial charge in [-0.2, -0.15) is 0 Å². The van der Waals surface area contributed by atoms with Gasteiger partial charge in [0.1, 0.15) is 0 Å². The average Bonchev–Trinajstić information content (AvgIpc) is 3.57. The lowest BCUT2D eigenvalue weighted by Crippen LogP contribution is -2.45. The molecule has 2 heterocycles. The van der Waals surface area contributed by atoms with Crippen LogP contribution in [0.5, 0.6) is 0 Å². The third kappa shape index (κ3) is 5.41. The molecule has 3 fully saturated rings. The van der Waals surface area contributed by atoms with Gasteiger partial charge in [-0.25, -0.2) is 0 Å². The van der Waals surface area contributed by atoms with E-state index in [4.69, 9.17) is 4.74 Å². The Morgan fingerprint density at radius 2 is 1.60 bits per heavy atom. The van der Waals surface area contributed by atoms with Gasteiger partial charge in [-0.3, -0.25) is 14.5 Å². The van der Waals surface area contributed by atoms with Crippen molar-refractivity contribution in [3.8, 4) is 0 Å². The molecule has 0 spiro atoms. The second kappa shape index (κ2) is 9.48. The van der Waals surface area contributed by atoms with E-state index in [1.54, 1.807) is 0 Å². The Morgan fingerprint density at radius 3 is 2.23 bits per heavy atom. The second-order valence-electron chi connectivity index (χ2n) is 9.31. The Balaban J connectivity index is 1.27. The van der Waals surface area contributed by atoms with E-state index in [1.165, 1.54) is 11.1 Å². The standard InChI is InChI=1S/C24H35N3O3/c1-17-14-26(15-18(2)30-17)16-22-6-4-3-5-21(22)13-25-23(28)19-9-11-27(12-10-19)24(29)20-7-8-20/h3-6,17-20H,7-16H2,1-2H3,(H,25,28)/t17-,18-/m0/s1. The molecule has 6 heteroatoms. The number of hydrogen-bond acceptors (Lipinski definition) is 4. The maximum absolute atomic E-state index is 12.7. The van der Waals surface area contributed by atoms with Gasteiger partial charge in [0, 0.05) is 51.1 Å². The highest BCUT2D eigenvalue weighted by Crippen LogP contribution is 2.32. The van der Waals surface area contributed by atoms with E-state index in [9.17, 15) is 9.59 Å². The lowest BCUT2D eigenvalue weighted by Gasteiger charge is -2.35. The van der Waals surface area contributed by atoms with Crippen molar-refractivity contribution in [2.45, 2.75) is 64.8 Å². The highest BCUT2D eigenvalue weighted by atomic mass is 16.5. The number of nitrogens with zero attached hydrogens (tertiary/aromatic N) is 2. The van der Waals surface area contributed by atoms with Crippen molar-refractivity contribution < 1.29 is 14.3 Å². The normalized spacial score (nSPS) is 25.9. The zero-order valence-corrected chi connectivity index (χ0v) is 18.3. The Kier molecular flexibility index (Phi) is 6.74. The number of ether oxygens (including phenoxy) is 1. The summed E-state index contributed by atoms with van der Waals surface area (Å²) < 4.78 is 5.85. The third-order valence-corrected chi connectivity index (χ3v) is 6.56. The van der Waals surface area contributed by atoms with Crippen molar-refractivity contribution in [2.24, 2.45) is 11.8 Å². The number of piperidine rings is 1. The largest absolute Gasteiger partial charge is 0.373 e. The number of benzene rings is 1. The van der Waals surface area contributed by atoms with Gasteiger partial charge in [-0.15, -0.1) is 0 Å². The molecule has 0 radical (unpaired) electrons. The molecule has 0 bridgehead atoms. The summed E-state index contributed by atoms with van der Waals surface area (Å²) in [4.78, 5) is 29.3. The minimum absolute atomic E-state index is 0.0151. The zero-order valence-electron chi connectivity index (χ0n) is 18.3. The molecule has 2 saturated heterocycles. The average molecular weight is 414 g/mol. The van der Waals surface area contributed by atoms with Crippen molar-refractivity contribution in [1.29, 1.82) is 0 Å². The molecule has 30 heavy (non-hydrogen) atoms. The summed E-state index contributed by atoms with van der Waals surface area (Å²) in [7, 11) is 0. The molecule has 2 amide bonds. The van der Waals surface area contributed by atoms with Crippen LogP contribution in [0.2, 0.25) is 0 Å². The summed E-state index contributed by atoms with van der Waals surface area (Å²) in [5, 5.41) is 3.16. The lowest BCUT2D eigenvalue weighted by molar-refractivity contribution is -0.136. The van der Waals surface area contributed by atoms with Crippen LogP contribution in [-0.2, 0) is 27.4 Å². The fourth-order valence-corrected chi connectivity index (χ4v) is 4.82. The molecule has 1 saturated carbocycles. The Bertz CT molecular complexity index is 746. The predicted molar refractivity (Wildman–Crippen MR) is 116 cm³/mol. The number of likely N-dealkylation sites (tertiary alicyclic amines) is 1. The van der Waals surface area contributed by atoms with Crippen molar-refractivity contribution in [1.82, 2.24) is 15.1 Å². The van der Waals surface area contributed by atoms with E-state index in [1.807, 2.05) is 11.0 Å². The van der Waals surface area contributed by atoms with E-state index >= 15 is 0 Å². The third-order valence-electron chi connectivity index (χ3n) is 6.56. The van der Waals surface area contributed by atoms with Crippen LogP contribution in [0.1, 0.15) is 50.7 Å². The maximum Gasteiger partial charge on any atom is 0.225 e. The minimum Gasteiger partial charge on any atom is -0.373 e. The van der Waals surface area contributed by atoms with Crippen LogP contribution in [0.25, 0.3) is 0 Å². The Morgan fingerprint density at radius 1 is 0.967 bits per heavy atom. The summed E-state index contributed by atoms with van der Waals surface area (Å²) in [6.07, 6.45) is 4.13. The summed E-state index contributed by atoms with van der Waals surface area (Å²) >= 11 is 0. The van der Waals surface area contributed by atoms with Crippen molar-refractivity contribution in [2.75, 3.05) is 26.2 Å². The van der Waals surface area contributed by atoms with Gasteiger partial charge >= 0.3 is 0 Å². The fourth-order valence-electron chi connectivity index (χ4n) is 4.82. The topological polar surface area (TPSA) is 61.9 Å². The smallest absolute Gasteiger partial charge is 0.225 e. The van der Waals surface area contributed by atoms with Crippen LogP contribution in [0, 0.1) is 11.8 Å². The minimum atomic E-state index is 0.0151. The van der Waals surface area contributed by atoms with Crippen molar-refractivity contribution >= 4 is 11.8 Å². The zero-order chi connectivity index (χ0) is 21.1. The molecule has 2 aliphatic heterocycles. The summed E-state index contributed by atoms with van der Waals surface area (Å²) in [5.41, 5.74) is 2.45. The Hall–Kier alpha value is -1.92. The molecule has 2 atom stereocenters. The van der Waals surface area contributed by atoms with Crippen LogP contribution < -0.4 is 5.32 Å². The van der Waals surface area contributed by atoms with E-state index in [0.29, 0.717) is 12.5 Å². The van der Waals surface area contributed by atoms with Crippen molar-refractivity contribution in [3.05, 3.63) is 35.4 Å². The van der Waals surface area contributed by atoms with Gasteiger partial charge in [0.25, 0.3) is 0 Å². The molecule has 1 N–H and O–H groups in total. The van der Waals surface area contributed by atoms with Crippen LogP contribution in [0.3, 0.4) is 0 Å². The van der Waals surface area contributed by atoms with Gasteiger partial charge < -0.3 is 15.0 Å². The van der Waals surface area contributed by atoms with Crippen LogP contribution in [0.4, 0.5) is 0 Å². The first-order valence-electron chi connectivity index (χ1n) is 11.5. The molecule has 4 rings (SSSR count). The molecule has 3 aliphatic rings. The fraction of sp³-hybridized carbons (Fsp3) is 0.667. The summed E-state index contributed by atoms with van der Waals surface area (Å²) in [5.74, 6) is 0.706. The molecular weight excluding hydrogens is 378 g/mol. The number of hydrogen-bond donors (Lipinski definition) is 1. The van der Waals surface area contributed by atoms with E-state index < -0.39 is 0 Å². The van der Waals surface area contributed by atoms with Crippen LogP contribution in [0.15, 0.2) is 24.3 Å². The van der Waals surface area contributed by atoms with Gasteiger partial charge in [-0.05, 0) is 50.7 Å². The maximum atomic E-state index is 12.7. The monoisotopic (exact) mass is 413 g/mol. The molecule has 1 aromatic rings. The van der Waals surface area contributed by atoms with E-state index in [2.05, 4.69) is 42.3 Å². The van der Waals surface area contributed by atoms with E-state index in [0.717, 1.165) is 58.4 Å². The molecule has 164 valence electrons. The predicted octanol–water partition coefficient (Wildman–Crippen LogP) is 2.56. The summed E-state index contributed by atoms with van der Waals surface area (Å²) in [6.45, 7) is 9.00. The number of carbonyl (C=O) groups is 2. The number of nitrogens with one attached hydrogen (secondary N) is 1. The molecule has 1 aliphatic carbocycles. The number of carbonyl (C=O) groups excluding carboxylic acids is 2. The Labute approximate surface area is 179 Å². The van der Waals surface area contributed by atoms with Gasteiger partial charge in [-0.1, -0.05) is 24.3 Å². The van der Waals surface area contributed by atoms with Crippen LogP contribution in [-0.4, -0.2) is 60.0 Å². The highest BCUT2D eigenvalue weighted by Gasteiger charge is 2.36. The van der Waals surface area contributed by atoms with E-state index in [-0.39, 0.29) is 30.0 Å². The highest BCUT2D eigenvalue weighted by molar-refractivity contribution is 5.82. The van der Waals surface area contributed by atoms with Gasteiger partial charge in [0.2, 0.25) is 11.8 Å². The first-order chi connectivity index (χ1) is 14.5. The van der Waals surface area contributed by atoms with Crippen LogP contribution >= 0.6 is 0 Å². The number of amides is 2. The quantitative estimate of drug-likeness (QED) is 0.779. The first-order valence-corrected chi connectivity index (χ1v) is 11.5. The second-order valence-corrected chi connectivity index (χ2v) is 9.31. The number of morpholine rings is 1. The van der Waals surface area contributed by atoms with Crippen molar-refractivity contribution in [3.63, 3.8) is 0 Å². The molecular formula is C24H35N3O3. The summed E-state index contributed by atoms with van der Waals surface area (Å²) in [6, 6.07) is 8.38. The first kappa shape index (κ1) is 21.3. The number of rotatable bonds is 6. The van der Waals surface area contributed by atoms with Gasteiger partial charge in [0.15, 0.2) is 0 Å². The SMILES string of the molecule is C[C@H]1CN(Cc2ccccc2CNC(=O)C2CCN(C(=O)C3CC3)CC2)C[C@H](C)O1. The molecule has 0 unspecified atom stereocenters. The van der Waals surface area contributed by atoms with Gasteiger partial charge in [0.05, 0.1) is 12.2 Å². The molecule has 0 aromatic heterocycles. The molecule has 1 aromatic carbocycles. The lowest BCUT2D eigenvalue weighted by atomic mass is 9.95.